The van der Waals surface area contributed by atoms with Gasteiger partial charge in [0.2, 0.25) is 5.88 Å². The molecule has 1 fully saturated rings. The molecule has 4 heterocycles. The van der Waals surface area contributed by atoms with E-state index in [1.807, 2.05) is 25.3 Å². The van der Waals surface area contributed by atoms with Gasteiger partial charge in [0.05, 0.1) is 11.9 Å². The molecule has 0 bridgehead atoms. The van der Waals surface area contributed by atoms with E-state index in [9.17, 15) is 9.59 Å². The van der Waals surface area contributed by atoms with Crippen molar-refractivity contribution in [1.29, 1.82) is 0 Å². The number of hydrogen-bond donors (Lipinski definition) is 2. The number of carbonyl (C=O) groups is 2. The fraction of sp³-hybridized carbons (Fsp3) is 0.455. The van der Waals surface area contributed by atoms with E-state index in [0.717, 1.165) is 37.4 Å². The average Bonchev–Trinajstić information content (AvgIpc) is 2.82. The van der Waals surface area contributed by atoms with Crippen LogP contribution in [0.25, 0.3) is 0 Å². The van der Waals surface area contributed by atoms with Crippen molar-refractivity contribution < 1.29 is 14.3 Å². The van der Waals surface area contributed by atoms with Crippen LogP contribution in [0.3, 0.4) is 0 Å². The quantitative estimate of drug-likeness (QED) is 0.755. The molecule has 1 saturated heterocycles. The number of hydrogen-bond acceptors (Lipinski definition) is 7. The molecule has 2 N–H and O–H groups in total. The van der Waals surface area contributed by atoms with Crippen molar-refractivity contribution in [3.63, 3.8) is 0 Å². The highest BCUT2D eigenvalue weighted by Crippen LogP contribution is 2.32. The van der Waals surface area contributed by atoms with E-state index in [4.69, 9.17) is 4.74 Å². The number of rotatable bonds is 5. The number of pyridine rings is 2. The van der Waals surface area contributed by atoms with Gasteiger partial charge in [-0.05, 0) is 37.1 Å². The molecule has 164 valence electrons. The van der Waals surface area contributed by atoms with Crippen LogP contribution in [0.2, 0.25) is 0 Å². The predicted molar refractivity (Wildman–Crippen MR) is 117 cm³/mol. The Kier molecular flexibility index (Phi) is 6.03. The number of piperazine rings is 1. The molecule has 2 aromatic rings. The van der Waals surface area contributed by atoms with E-state index in [-0.39, 0.29) is 17.9 Å². The van der Waals surface area contributed by atoms with Gasteiger partial charge in [-0.2, -0.15) is 0 Å². The SMILES string of the molecule is CCC1Oc2ncc(C(C)N3CCN(c4ccc(C(=O)NC)nc4)CC3)cc2NC1=O. The molecule has 2 aliphatic rings. The first-order chi connectivity index (χ1) is 15.0. The second kappa shape index (κ2) is 8.89. The lowest BCUT2D eigenvalue weighted by molar-refractivity contribution is -0.123. The first-order valence-corrected chi connectivity index (χ1v) is 10.6. The standard InChI is InChI=1S/C22H28N6O3/c1-4-19-21(30)26-18-11-15(12-25-22(18)31-19)14(2)27-7-9-28(10-8-27)16-5-6-17(24-13-16)20(29)23-3/h5-6,11-14,19H,4,7-10H2,1-3H3,(H,23,29)(H,26,30). The lowest BCUT2D eigenvalue weighted by Crippen LogP contribution is -2.47. The summed E-state index contributed by atoms with van der Waals surface area (Å²) in [7, 11) is 1.60. The maximum absolute atomic E-state index is 12.1. The lowest BCUT2D eigenvalue weighted by Gasteiger charge is -2.39. The molecule has 4 rings (SSSR count). The smallest absolute Gasteiger partial charge is 0.269 e. The summed E-state index contributed by atoms with van der Waals surface area (Å²) in [5.74, 6) is 0.182. The Morgan fingerprint density at radius 2 is 2.03 bits per heavy atom. The van der Waals surface area contributed by atoms with Crippen LogP contribution in [0.1, 0.15) is 42.4 Å². The summed E-state index contributed by atoms with van der Waals surface area (Å²) in [6.45, 7) is 7.56. The molecule has 2 aliphatic heterocycles. The largest absolute Gasteiger partial charge is 0.463 e. The number of amides is 2. The molecule has 0 aromatic carbocycles. The van der Waals surface area contributed by atoms with E-state index in [0.29, 0.717) is 23.7 Å². The van der Waals surface area contributed by atoms with Gasteiger partial charge in [-0.25, -0.2) is 9.97 Å². The van der Waals surface area contributed by atoms with Crippen LogP contribution in [-0.4, -0.2) is 66.0 Å². The Morgan fingerprint density at radius 1 is 1.26 bits per heavy atom. The maximum Gasteiger partial charge on any atom is 0.269 e. The van der Waals surface area contributed by atoms with Gasteiger partial charge >= 0.3 is 0 Å². The van der Waals surface area contributed by atoms with Crippen LogP contribution in [0, 0.1) is 0 Å². The Bertz CT molecular complexity index is 956. The van der Waals surface area contributed by atoms with E-state index < -0.39 is 6.10 Å². The topological polar surface area (TPSA) is 99.7 Å². The van der Waals surface area contributed by atoms with Gasteiger partial charge in [-0.3, -0.25) is 14.5 Å². The average molecular weight is 425 g/mol. The monoisotopic (exact) mass is 424 g/mol. The second-order valence-corrected chi connectivity index (χ2v) is 7.81. The molecule has 2 aromatic heterocycles. The molecular formula is C22H28N6O3. The number of nitrogens with zero attached hydrogens (tertiary/aromatic N) is 4. The molecule has 2 atom stereocenters. The fourth-order valence-corrected chi connectivity index (χ4v) is 3.96. The Balaban J connectivity index is 1.38. The van der Waals surface area contributed by atoms with Crippen LogP contribution in [0.15, 0.2) is 30.6 Å². The highest BCUT2D eigenvalue weighted by molar-refractivity contribution is 5.97. The highest BCUT2D eigenvalue weighted by Gasteiger charge is 2.29. The summed E-state index contributed by atoms with van der Waals surface area (Å²) in [4.78, 5) is 37.1. The van der Waals surface area contributed by atoms with Crippen molar-refractivity contribution >= 4 is 23.2 Å². The molecule has 0 aliphatic carbocycles. The van der Waals surface area contributed by atoms with Crippen LogP contribution >= 0.6 is 0 Å². The minimum Gasteiger partial charge on any atom is -0.463 e. The maximum atomic E-state index is 12.1. The molecule has 0 saturated carbocycles. The van der Waals surface area contributed by atoms with Gasteiger partial charge in [0, 0.05) is 45.5 Å². The zero-order valence-electron chi connectivity index (χ0n) is 18.1. The summed E-state index contributed by atoms with van der Waals surface area (Å²) >= 11 is 0. The number of anilines is 2. The van der Waals surface area contributed by atoms with Gasteiger partial charge in [-0.15, -0.1) is 0 Å². The Morgan fingerprint density at radius 3 is 2.68 bits per heavy atom. The van der Waals surface area contributed by atoms with Crippen molar-refractivity contribution in [1.82, 2.24) is 20.2 Å². The van der Waals surface area contributed by atoms with Crippen LogP contribution in [0.5, 0.6) is 5.88 Å². The van der Waals surface area contributed by atoms with Gasteiger partial charge in [-0.1, -0.05) is 6.92 Å². The molecule has 2 unspecified atom stereocenters. The van der Waals surface area contributed by atoms with E-state index in [1.165, 1.54) is 0 Å². The van der Waals surface area contributed by atoms with Crippen molar-refractivity contribution in [3.8, 4) is 5.88 Å². The van der Waals surface area contributed by atoms with Crippen molar-refractivity contribution in [2.45, 2.75) is 32.4 Å². The molecular weight excluding hydrogens is 396 g/mol. The van der Waals surface area contributed by atoms with Gasteiger partial charge in [0.15, 0.2) is 6.10 Å². The van der Waals surface area contributed by atoms with Crippen LogP contribution in [0.4, 0.5) is 11.4 Å². The van der Waals surface area contributed by atoms with E-state index in [1.54, 1.807) is 19.3 Å². The molecule has 2 amide bonds. The zero-order chi connectivity index (χ0) is 22.0. The van der Waals surface area contributed by atoms with Crippen molar-refractivity contribution in [3.05, 3.63) is 41.9 Å². The number of carbonyl (C=O) groups excluding carboxylic acids is 2. The van der Waals surface area contributed by atoms with E-state index >= 15 is 0 Å². The number of ether oxygens (including phenoxy) is 1. The molecule has 0 radical (unpaired) electrons. The minimum absolute atomic E-state index is 0.119. The van der Waals surface area contributed by atoms with Crippen molar-refractivity contribution in [2.24, 2.45) is 0 Å². The van der Waals surface area contributed by atoms with Gasteiger partial charge < -0.3 is 20.3 Å². The van der Waals surface area contributed by atoms with Gasteiger partial charge in [0.25, 0.3) is 11.8 Å². The first kappa shape index (κ1) is 21.0. The molecule has 31 heavy (non-hydrogen) atoms. The minimum atomic E-state index is -0.476. The summed E-state index contributed by atoms with van der Waals surface area (Å²) in [6, 6.07) is 5.82. The zero-order valence-corrected chi connectivity index (χ0v) is 18.1. The highest BCUT2D eigenvalue weighted by atomic mass is 16.5. The number of nitrogens with one attached hydrogen (secondary N) is 2. The Labute approximate surface area is 181 Å². The van der Waals surface area contributed by atoms with Crippen LogP contribution < -0.4 is 20.3 Å². The van der Waals surface area contributed by atoms with Crippen molar-refractivity contribution in [2.75, 3.05) is 43.4 Å². The third kappa shape index (κ3) is 4.32. The predicted octanol–water partition coefficient (Wildman–Crippen LogP) is 1.83. The van der Waals surface area contributed by atoms with Gasteiger partial charge in [0.1, 0.15) is 11.4 Å². The van der Waals surface area contributed by atoms with Crippen LogP contribution in [-0.2, 0) is 4.79 Å². The second-order valence-electron chi connectivity index (χ2n) is 7.81. The summed E-state index contributed by atoms with van der Waals surface area (Å²) < 4.78 is 5.69. The Hall–Kier alpha value is -3.20. The fourth-order valence-electron chi connectivity index (χ4n) is 3.96. The normalized spacial score (nSPS) is 19.8. The number of fused-ring (bicyclic) bond motifs is 1. The third-order valence-corrected chi connectivity index (χ3v) is 5.96. The summed E-state index contributed by atoms with van der Waals surface area (Å²) in [6.07, 6.45) is 3.72. The lowest BCUT2D eigenvalue weighted by atomic mass is 10.1. The third-order valence-electron chi connectivity index (χ3n) is 5.96. The first-order valence-electron chi connectivity index (χ1n) is 10.6. The summed E-state index contributed by atoms with van der Waals surface area (Å²) in [5, 5.41) is 5.50. The summed E-state index contributed by atoms with van der Waals surface area (Å²) in [5.41, 5.74) is 3.11. The molecule has 0 spiro atoms. The number of aromatic nitrogens is 2. The molecule has 9 heteroatoms. The van der Waals surface area contributed by atoms with E-state index in [2.05, 4.69) is 37.3 Å². The molecule has 9 nitrogen and oxygen atoms in total.